The smallest absolute Gasteiger partial charge is 0.261 e. The summed E-state index contributed by atoms with van der Waals surface area (Å²) >= 11 is 0. The van der Waals surface area contributed by atoms with Crippen molar-refractivity contribution in [1.29, 1.82) is 0 Å². The van der Waals surface area contributed by atoms with Crippen molar-refractivity contribution < 1.29 is 19.1 Å². The topological polar surface area (TPSA) is 66.4 Å². The molecule has 0 fully saturated rings. The molecule has 1 aliphatic heterocycles. The molecular formula is C17H14FNO3. The Morgan fingerprint density at radius 2 is 1.91 bits per heavy atom. The van der Waals surface area contributed by atoms with Gasteiger partial charge >= 0.3 is 0 Å². The Balaban J connectivity index is 1.94. The molecule has 4 nitrogen and oxygen atoms in total. The Labute approximate surface area is 126 Å². The number of benzene rings is 2. The first-order valence-corrected chi connectivity index (χ1v) is 6.84. The summed E-state index contributed by atoms with van der Waals surface area (Å²) in [4.78, 5) is 24.4. The lowest BCUT2D eigenvalue weighted by Gasteiger charge is -2.20. The molecule has 0 saturated carbocycles. The molecule has 1 aliphatic rings. The highest BCUT2D eigenvalue weighted by Crippen LogP contribution is 2.39. The fourth-order valence-electron chi connectivity index (χ4n) is 2.60. The van der Waals surface area contributed by atoms with Gasteiger partial charge in [0.1, 0.15) is 5.82 Å². The summed E-state index contributed by atoms with van der Waals surface area (Å²) in [5.41, 5.74) is 0.136. The Bertz CT molecular complexity index is 770. The molecule has 0 aliphatic carbocycles. The van der Waals surface area contributed by atoms with Crippen LogP contribution >= 0.6 is 0 Å². The highest BCUT2D eigenvalue weighted by Gasteiger charge is 2.46. The average Bonchev–Trinajstić information content (AvgIpc) is 2.71. The summed E-state index contributed by atoms with van der Waals surface area (Å²) in [5, 5.41) is 13.3. The Morgan fingerprint density at radius 1 is 1.23 bits per heavy atom. The van der Waals surface area contributed by atoms with Crippen LogP contribution in [0.2, 0.25) is 0 Å². The number of rotatable bonds is 3. The quantitative estimate of drug-likeness (QED) is 0.856. The molecule has 0 aromatic heterocycles. The van der Waals surface area contributed by atoms with Crippen molar-refractivity contribution in [1.82, 2.24) is 0 Å². The van der Waals surface area contributed by atoms with Crippen molar-refractivity contribution in [2.45, 2.75) is 18.9 Å². The number of aryl methyl sites for hydroxylation is 1. The summed E-state index contributed by atoms with van der Waals surface area (Å²) in [7, 11) is 0. The molecule has 0 radical (unpaired) electrons. The Hall–Kier alpha value is -2.53. The van der Waals surface area contributed by atoms with Crippen molar-refractivity contribution in [2.75, 3.05) is 5.32 Å². The van der Waals surface area contributed by atoms with Gasteiger partial charge in [-0.25, -0.2) is 4.39 Å². The van der Waals surface area contributed by atoms with E-state index in [2.05, 4.69) is 5.32 Å². The molecule has 2 aromatic rings. The van der Waals surface area contributed by atoms with Crippen LogP contribution in [0.1, 0.15) is 27.9 Å². The number of amides is 1. The third-order valence-corrected chi connectivity index (χ3v) is 3.83. The van der Waals surface area contributed by atoms with E-state index in [1.807, 2.05) is 13.0 Å². The van der Waals surface area contributed by atoms with E-state index in [0.29, 0.717) is 11.3 Å². The zero-order chi connectivity index (χ0) is 15.9. The van der Waals surface area contributed by atoms with Gasteiger partial charge in [0.25, 0.3) is 5.91 Å². The first-order valence-electron chi connectivity index (χ1n) is 6.84. The molecule has 0 saturated heterocycles. The normalized spacial score (nSPS) is 19.7. The number of carbonyl (C=O) groups excluding carboxylic acids is 2. The number of halogens is 1. The number of hydrogen-bond acceptors (Lipinski definition) is 3. The average molecular weight is 299 g/mol. The van der Waals surface area contributed by atoms with Crippen molar-refractivity contribution in [3.8, 4) is 0 Å². The lowest BCUT2D eigenvalue weighted by molar-refractivity contribution is -0.133. The van der Waals surface area contributed by atoms with Gasteiger partial charge in [-0.15, -0.1) is 0 Å². The number of nitrogens with one attached hydrogen (secondary N) is 1. The number of carbonyl (C=O) groups is 2. The summed E-state index contributed by atoms with van der Waals surface area (Å²) in [5.74, 6) is -1.49. The van der Waals surface area contributed by atoms with Gasteiger partial charge in [0, 0.05) is 16.8 Å². The molecule has 1 atom stereocenters. The molecule has 112 valence electrons. The monoisotopic (exact) mass is 299 g/mol. The SMILES string of the molecule is Cc1ccc2c(c1)[C@](O)(CC(=O)c1ccc(F)cc1)C(=O)N2. The maximum atomic E-state index is 12.9. The standard InChI is InChI=1S/C17H14FNO3/c1-10-2-7-14-13(8-10)17(22,16(21)19-14)9-15(20)11-3-5-12(18)6-4-11/h2-8,22H,9H2,1H3,(H,19,21)/t17-/m1/s1. The van der Waals surface area contributed by atoms with Gasteiger partial charge < -0.3 is 10.4 Å². The molecule has 0 spiro atoms. The molecule has 0 bridgehead atoms. The second-order valence-electron chi connectivity index (χ2n) is 5.47. The highest BCUT2D eigenvalue weighted by atomic mass is 19.1. The minimum absolute atomic E-state index is 0.253. The van der Waals surface area contributed by atoms with Crippen LogP contribution in [0.15, 0.2) is 42.5 Å². The van der Waals surface area contributed by atoms with E-state index in [1.165, 1.54) is 24.3 Å². The minimum Gasteiger partial charge on any atom is -0.375 e. The third kappa shape index (κ3) is 2.29. The van der Waals surface area contributed by atoms with Crippen LogP contribution < -0.4 is 5.32 Å². The summed E-state index contributed by atoms with van der Waals surface area (Å²) < 4.78 is 12.9. The van der Waals surface area contributed by atoms with Gasteiger partial charge in [0.2, 0.25) is 0 Å². The fraction of sp³-hybridized carbons (Fsp3) is 0.176. The van der Waals surface area contributed by atoms with Crippen molar-refractivity contribution in [3.05, 3.63) is 65.0 Å². The van der Waals surface area contributed by atoms with Crippen molar-refractivity contribution in [2.24, 2.45) is 0 Å². The van der Waals surface area contributed by atoms with E-state index < -0.39 is 23.1 Å². The fourth-order valence-corrected chi connectivity index (χ4v) is 2.60. The lowest BCUT2D eigenvalue weighted by Crippen LogP contribution is -2.36. The molecule has 2 N–H and O–H groups in total. The van der Waals surface area contributed by atoms with Crippen molar-refractivity contribution >= 4 is 17.4 Å². The number of fused-ring (bicyclic) bond motifs is 1. The third-order valence-electron chi connectivity index (χ3n) is 3.83. The van der Waals surface area contributed by atoms with Crippen molar-refractivity contribution in [3.63, 3.8) is 0 Å². The minimum atomic E-state index is -1.90. The highest BCUT2D eigenvalue weighted by molar-refractivity contribution is 6.09. The van der Waals surface area contributed by atoms with Crippen LogP contribution in [0.3, 0.4) is 0 Å². The molecule has 2 aromatic carbocycles. The van der Waals surface area contributed by atoms with E-state index >= 15 is 0 Å². The molecule has 22 heavy (non-hydrogen) atoms. The summed E-state index contributed by atoms with van der Waals surface area (Å²) in [6.45, 7) is 1.84. The van der Waals surface area contributed by atoms with Gasteiger partial charge in [-0.1, -0.05) is 17.7 Å². The van der Waals surface area contributed by atoms with E-state index in [0.717, 1.165) is 5.56 Å². The second-order valence-corrected chi connectivity index (χ2v) is 5.47. The molecule has 1 heterocycles. The largest absolute Gasteiger partial charge is 0.375 e. The zero-order valence-corrected chi connectivity index (χ0v) is 11.9. The van der Waals surface area contributed by atoms with E-state index in [-0.39, 0.29) is 12.0 Å². The number of ketones is 1. The predicted octanol–water partition coefficient (Wildman–Crippen LogP) is 2.55. The van der Waals surface area contributed by atoms with Gasteiger partial charge in [-0.3, -0.25) is 9.59 Å². The Morgan fingerprint density at radius 3 is 2.59 bits per heavy atom. The molecular weight excluding hydrogens is 285 g/mol. The van der Waals surface area contributed by atoms with Crippen LogP contribution in [0.4, 0.5) is 10.1 Å². The number of anilines is 1. The molecule has 1 amide bonds. The zero-order valence-electron chi connectivity index (χ0n) is 11.9. The van der Waals surface area contributed by atoms with Crippen LogP contribution in [0, 0.1) is 12.7 Å². The van der Waals surface area contributed by atoms with E-state index in [9.17, 15) is 19.1 Å². The van der Waals surface area contributed by atoms with Crippen LogP contribution in [-0.2, 0) is 10.4 Å². The number of hydrogen-bond donors (Lipinski definition) is 2. The number of Topliss-reactive ketones (excluding diaryl/α,β-unsaturated/α-hetero) is 1. The lowest BCUT2D eigenvalue weighted by atomic mass is 9.87. The second kappa shape index (κ2) is 5.03. The maximum absolute atomic E-state index is 12.9. The van der Waals surface area contributed by atoms with Crippen LogP contribution in [0.5, 0.6) is 0 Å². The van der Waals surface area contributed by atoms with Gasteiger partial charge in [0.05, 0.1) is 6.42 Å². The summed E-state index contributed by atoms with van der Waals surface area (Å²) in [6.07, 6.45) is -0.388. The summed E-state index contributed by atoms with van der Waals surface area (Å²) in [6, 6.07) is 10.2. The number of aliphatic hydroxyl groups is 1. The molecule has 0 unspecified atom stereocenters. The predicted molar refractivity (Wildman–Crippen MR) is 79.1 cm³/mol. The molecule has 3 rings (SSSR count). The first-order chi connectivity index (χ1) is 10.4. The first kappa shape index (κ1) is 14.4. The van der Waals surface area contributed by atoms with E-state index in [1.54, 1.807) is 12.1 Å². The van der Waals surface area contributed by atoms with Crippen LogP contribution in [-0.4, -0.2) is 16.8 Å². The van der Waals surface area contributed by atoms with Crippen LogP contribution in [0.25, 0.3) is 0 Å². The van der Waals surface area contributed by atoms with Gasteiger partial charge in [0.15, 0.2) is 11.4 Å². The van der Waals surface area contributed by atoms with E-state index in [4.69, 9.17) is 0 Å². The molecule has 5 heteroatoms. The Kier molecular flexibility index (Phi) is 3.30. The maximum Gasteiger partial charge on any atom is 0.261 e. The van der Waals surface area contributed by atoms with Gasteiger partial charge in [-0.05, 0) is 37.3 Å². The van der Waals surface area contributed by atoms with Gasteiger partial charge in [-0.2, -0.15) is 0 Å².